The van der Waals surface area contributed by atoms with Gasteiger partial charge in [-0.15, -0.1) is 0 Å². The Hall–Kier alpha value is -3.03. The number of primary amides is 1. The molecule has 1 aliphatic heterocycles. The number of nitrogens with two attached hydrogens (primary N) is 1. The van der Waals surface area contributed by atoms with Crippen LogP contribution in [-0.4, -0.2) is 46.7 Å². The first-order valence-electron chi connectivity index (χ1n) is 8.40. The number of pyridine rings is 1. The van der Waals surface area contributed by atoms with Gasteiger partial charge in [0.2, 0.25) is 5.91 Å². The number of hydrogen-bond donors (Lipinski definition) is 3. The second kappa shape index (κ2) is 6.70. The maximum Gasteiger partial charge on any atom is 0.407 e. The Bertz CT molecular complexity index is 859. The van der Waals surface area contributed by atoms with Gasteiger partial charge in [-0.2, -0.15) is 0 Å². The number of aromatic nitrogens is 2. The van der Waals surface area contributed by atoms with Crippen molar-refractivity contribution >= 4 is 34.8 Å². The van der Waals surface area contributed by atoms with Crippen LogP contribution in [0.1, 0.15) is 26.3 Å². The molecule has 0 aliphatic carbocycles. The number of aromatic amines is 1. The van der Waals surface area contributed by atoms with Crippen molar-refractivity contribution < 1.29 is 14.3 Å². The molecule has 0 radical (unpaired) electrons. The Morgan fingerprint density at radius 3 is 2.81 bits per heavy atom. The number of alkyl carbamates (subject to hydrolysis) is 1. The van der Waals surface area contributed by atoms with Crippen molar-refractivity contribution in [3.8, 4) is 0 Å². The number of nitrogens with zero attached hydrogens (tertiary/aromatic N) is 2. The summed E-state index contributed by atoms with van der Waals surface area (Å²) in [4.78, 5) is 32.3. The Morgan fingerprint density at radius 2 is 2.15 bits per heavy atom. The zero-order chi connectivity index (χ0) is 18.9. The van der Waals surface area contributed by atoms with Crippen LogP contribution in [-0.2, 0) is 9.53 Å². The number of rotatable bonds is 4. The van der Waals surface area contributed by atoms with Crippen LogP contribution in [0.5, 0.6) is 0 Å². The van der Waals surface area contributed by atoms with E-state index in [1.165, 1.54) is 6.08 Å². The molecule has 3 rings (SSSR count). The minimum atomic E-state index is -0.508. The van der Waals surface area contributed by atoms with Gasteiger partial charge in [-0.3, -0.25) is 4.79 Å². The van der Waals surface area contributed by atoms with E-state index in [-0.39, 0.29) is 6.04 Å². The molecule has 0 spiro atoms. The smallest absolute Gasteiger partial charge is 0.407 e. The first-order chi connectivity index (χ1) is 12.2. The van der Waals surface area contributed by atoms with Crippen LogP contribution < -0.4 is 16.0 Å². The van der Waals surface area contributed by atoms with Crippen LogP contribution >= 0.6 is 0 Å². The van der Waals surface area contributed by atoms with Crippen molar-refractivity contribution in [1.82, 2.24) is 15.3 Å². The number of H-pyrrole nitrogens is 1. The molecular weight excluding hydrogens is 334 g/mol. The van der Waals surface area contributed by atoms with E-state index in [9.17, 15) is 9.59 Å². The van der Waals surface area contributed by atoms with Gasteiger partial charge in [0.25, 0.3) is 0 Å². The average molecular weight is 357 g/mol. The summed E-state index contributed by atoms with van der Waals surface area (Å²) >= 11 is 0. The fourth-order valence-corrected chi connectivity index (χ4v) is 2.75. The van der Waals surface area contributed by atoms with E-state index in [2.05, 4.69) is 20.2 Å². The molecule has 8 heteroatoms. The summed E-state index contributed by atoms with van der Waals surface area (Å²) in [5.74, 6) is -0.498. The standard InChI is InChI=1S/C18H23N5O3/c1-18(2,3)26-17(25)22-12-9-23(10-12)13-6-14-11(4-5-15(19)24)7-20-16(14)21-8-13/h4-8,12H,9-10H2,1-3H3,(H2,19,24)(H,20,21)(H,22,25). The number of hydrogen-bond acceptors (Lipinski definition) is 5. The molecule has 1 fully saturated rings. The molecule has 0 atom stereocenters. The molecule has 8 nitrogen and oxygen atoms in total. The molecular formula is C18H23N5O3. The fourth-order valence-electron chi connectivity index (χ4n) is 2.75. The lowest BCUT2D eigenvalue weighted by Crippen LogP contribution is -2.60. The Labute approximate surface area is 151 Å². The van der Waals surface area contributed by atoms with Gasteiger partial charge in [-0.25, -0.2) is 9.78 Å². The van der Waals surface area contributed by atoms with Crippen LogP contribution in [0.15, 0.2) is 24.5 Å². The third kappa shape index (κ3) is 4.14. The number of nitrogens with one attached hydrogen (secondary N) is 2. The molecule has 3 heterocycles. The summed E-state index contributed by atoms with van der Waals surface area (Å²) in [6.07, 6.45) is 6.14. The number of carbonyl (C=O) groups excluding carboxylic acids is 2. The van der Waals surface area contributed by atoms with Crippen LogP contribution in [0.3, 0.4) is 0 Å². The topological polar surface area (TPSA) is 113 Å². The van der Waals surface area contributed by atoms with Gasteiger partial charge in [-0.05, 0) is 32.9 Å². The van der Waals surface area contributed by atoms with Crippen molar-refractivity contribution in [1.29, 1.82) is 0 Å². The number of amides is 2. The monoisotopic (exact) mass is 357 g/mol. The maximum absolute atomic E-state index is 11.8. The van der Waals surface area contributed by atoms with E-state index >= 15 is 0 Å². The zero-order valence-corrected chi connectivity index (χ0v) is 15.1. The van der Waals surface area contributed by atoms with Crippen LogP contribution in [0.4, 0.5) is 10.5 Å². The highest BCUT2D eigenvalue weighted by Crippen LogP contribution is 2.26. The summed E-state index contributed by atoms with van der Waals surface area (Å²) in [5.41, 5.74) is 7.18. The lowest BCUT2D eigenvalue weighted by atomic mass is 10.1. The molecule has 2 aromatic rings. The van der Waals surface area contributed by atoms with Crippen molar-refractivity contribution in [2.24, 2.45) is 5.73 Å². The first kappa shape index (κ1) is 17.8. The van der Waals surface area contributed by atoms with E-state index in [1.807, 2.05) is 26.8 Å². The second-order valence-corrected chi connectivity index (χ2v) is 7.32. The summed E-state index contributed by atoms with van der Waals surface area (Å²) in [7, 11) is 0. The Kier molecular flexibility index (Phi) is 4.58. The maximum atomic E-state index is 11.8. The van der Waals surface area contributed by atoms with E-state index in [0.717, 1.165) is 22.3 Å². The Morgan fingerprint density at radius 1 is 1.42 bits per heavy atom. The van der Waals surface area contributed by atoms with Gasteiger partial charge in [0, 0.05) is 36.3 Å². The highest BCUT2D eigenvalue weighted by molar-refractivity contribution is 5.95. The predicted molar refractivity (Wildman–Crippen MR) is 99.7 cm³/mol. The van der Waals surface area contributed by atoms with E-state index in [4.69, 9.17) is 10.5 Å². The number of anilines is 1. The molecule has 2 amide bonds. The predicted octanol–water partition coefficient (Wildman–Crippen LogP) is 1.77. The largest absolute Gasteiger partial charge is 0.444 e. The van der Waals surface area contributed by atoms with Crippen LogP contribution in [0.25, 0.3) is 17.1 Å². The molecule has 4 N–H and O–H groups in total. The molecule has 2 aromatic heterocycles. The zero-order valence-electron chi connectivity index (χ0n) is 15.1. The van der Waals surface area contributed by atoms with Gasteiger partial charge in [0.15, 0.2) is 0 Å². The normalized spacial score (nSPS) is 15.3. The lowest BCUT2D eigenvalue weighted by molar-refractivity contribution is -0.113. The van der Waals surface area contributed by atoms with Crippen molar-refractivity contribution in [2.75, 3.05) is 18.0 Å². The van der Waals surface area contributed by atoms with Gasteiger partial charge < -0.3 is 25.7 Å². The highest BCUT2D eigenvalue weighted by atomic mass is 16.6. The van der Waals surface area contributed by atoms with Crippen molar-refractivity contribution in [3.63, 3.8) is 0 Å². The quantitative estimate of drug-likeness (QED) is 0.722. The number of ether oxygens (including phenoxy) is 1. The summed E-state index contributed by atoms with van der Waals surface area (Å²) < 4.78 is 5.26. The summed E-state index contributed by atoms with van der Waals surface area (Å²) in [6, 6.07) is 2.05. The SMILES string of the molecule is CC(C)(C)OC(=O)NC1CN(c2cnc3[nH]cc(C=CC(N)=O)c3c2)C1. The van der Waals surface area contributed by atoms with Crippen molar-refractivity contribution in [2.45, 2.75) is 32.4 Å². The third-order valence-electron chi connectivity index (χ3n) is 3.94. The number of fused-ring (bicyclic) bond motifs is 1. The average Bonchev–Trinajstić information content (AvgIpc) is 2.88. The Balaban J connectivity index is 1.64. The minimum absolute atomic E-state index is 0.0426. The van der Waals surface area contributed by atoms with Gasteiger partial charge >= 0.3 is 6.09 Å². The van der Waals surface area contributed by atoms with Crippen molar-refractivity contribution in [3.05, 3.63) is 30.1 Å². The van der Waals surface area contributed by atoms with E-state index < -0.39 is 17.6 Å². The second-order valence-electron chi connectivity index (χ2n) is 7.32. The van der Waals surface area contributed by atoms with Gasteiger partial charge in [0.05, 0.1) is 17.9 Å². The van der Waals surface area contributed by atoms with Gasteiger partial charge in [0.1, 0.15) is 11.2 Å². The molecule has 0 unspecified atom stereocenters. The third-order valence-corrected chi connectivity index (χ3v) is 3.94. The van der Waals surface area contributed by atoms with Gasteiger partial charge in [-0.1, -0.05) is 0 Å². The summed E-state index contributed by atoms with van der Waals surface area (Å²) in [6.45, 7) is 6.87. The number of carbonyl (C=O) groups is 2. The molecule has 0 saturated carbocycles. The fraction of sp³-hybridized carbons (Fsp3) is 0.389. The highest BCUT2D eigenvalue weighted by Gasteiger charge is 2.30. The molecule has 138 valence electrons. The minimum Gasteiger partial charge on any atom is -0.444 e. The lowest BCUT2D eigenvalue weighted by Gasteiger charge is -2.41. The molecule has 1 saturated heterocycles. The van der Waals surface area contributed by atoms with Crippen LogP contribution in [0.2, 0.25) is 0 Å². The van der Waals surface area contributed by atoms with E-state index in [1.54, 1.807) is 18.5 Å². The molecule has 0 aromatic carbocycles. The molecule has 1 aliphatic rings. The van der Waals surface area contributed by atoms with Crippen LogP contribution in [0, 0.1) is 0 Å². The first-order valence-corrected chi connectivity index (χ1v) is 8.40. The molecule has 0 bridgehead atoms. The summed E-state index contributed by atoms with van der Waals surface area (Å²) in [5, 5.41) is 3.76. The van der Waals surface area contributed by atoms with E-state index in [0.29, 0.717) is 13.1 Å². The molecule has 26 heavy (non-hydrogen) atoms.